The summed E-state index contributed by atoms with van der Waals surface area (Å²) in [6, 6.07) is 0. The summed E-state index contributed by atoms with van der Waals surface area (Å²) >= 11 is 0. The Labute approximate surface area is 98.8 Å². The van der Waals surface area contributed by atoms with Gasteiger partial charge in [-0.3, -0.25) is 9.35 Å². The highest BCUT2D eigenvalue weighted by molar-refractivity contribution is 7.80. The third-order valence-corrected chi connectivity index (χ3v) is 0.591. The SMILES string of the molecule is C.C.CC(=O)OCOC(=O)CF.O=S(=O)(O)F. The van der Waals surface area contributed by atoms with Crippen molar-refractivity contribution in [3.63, 3.8) is 0 Å². The van der Waals surface area contributed by atoms with Crippen molar-refractivity contribution in [3.8, 4) is 0 Å². The average Bonchev–Trinajstić information content (AvgIpc) is 2.00. The third kappa shape index (κ3) is 52.8. The Bertz CT molecular complexity index is 293. The van der Waals surface area contributed by atoms with E-state index in [1.807, 2.05) is 0 Å². The summed E-state index contributed by atoms with van der Waals surface area (Å²) in [4.78, 5) is 20.0. The Balaban J connectivity index is -0.000000105. The molecule has 1 N–H and O–H groups in total. The highest BCUT2D eigenvalue weighted by atomic mass is 32.3. The monoisotopic (exact) mass is 282 g/mol. The highest BCUT2D eigenvalue weighted by Crippen LogP contribution is 1.81. The summed E-state index contributed by atoms with van der Waals surface area (Å²) in [5, 5.41) is 0. The first-order chi connectivity index (χ1) is 6.66. The first-order valence-corrected chi connectivity index (χ1v) is 4.53. The molecule has 0 amide bonds. The molecule has 0 heterocycles. The molecule has 0 bridgehead atoms. The minimum absolute atomic E-state index is 0. The second-order valence-electron chi connectivity index (χ2n) is 1.82. The second-order valence-corrected chi connectivity index (χ2v) is 2.64. The summed E-state index contributed by atoms with van der Waals surface area (Å²) in [6.45, 7) is -0.567. The standard InChI is InChI=1S/C5H7FO4.2CH4.FHO3S/c1-4(7)9-3-10-5(8)2-6;;;1-5(2,3)4/h2-3H2,1H3;2*1H4;(H,2,3,4). The smallest absolute Gasteiger partial charge is 0.428 e. The number of hydrogen-bond acceptors (Lipinski definition) is 6. The summed E-state index contributed by atoms with van der Waals surface area (Å²) in [7, 11) is -5.17. The largest absolute Gasteiger partial charge is 0.435 e. The van der Waals surface area contributed by atoms with Gasteiger partial charge in [0.05, 0.1) is 0 Å². The van der Waals surface area contributed by atoms with E-state index in [2.05, 4.69) is 9.47 Å². The molecule has 0 spiro atoms. The molecule has 0 aliphatic rings. The van der Waals surface area contributed by atoms with E-state index < -0.39 is 35.9 Å². The molecule has 0 aromatic heterocycles. The predicted octanol–water partition coefficient (Wildman–Crippen LogP) is 1.05. The van der Waals surface area contributed by atoms with E-state index >= 15 is 0 Å². The van der Waals surface area contributed by atoms with Crippen LogP contribution in [0, 0.1) is 0 Å². The predicted molar refractivity (Wildman–Crippen MR) is 54.8 cm³/mol. The van der Waals surface area contributed by atoms with Crippen LogP contribution in [-0.4, -0.2) is 38.4 Å². The number of ether oxygens (including phenoxy) is 2. The van der Waals surface area contributed by atoms with Gasteiger partial charge in [0.1, 0.15) is 0 Å². The van der Waals surface area contributed by atoms with E-state index in [4.69, 9.17) is 13.0 Å². The van der Waals surface area contributed by atoms with E-state index in [1.54, 1.807) is 0 Å². The zero-order valence-corrected chi connectivity index (χ0v) is 8.29. The Morgan fingerprint density at radius 3 is 1.82 bits per heavy atom. The number of hydrogen-bond donors (Lipinski definition) is 1. The first kappa shape index (κ1) is 24.8. The second kappa shape index (κ2) is 12.8. The molecule has 17 heavy (non-hydrogen) atoms. The van der Waals surface area contributed by atoms with Crippen LogP contribution in [-0.2, 0) is 29.6 Å². The van der Waals surface area contributed by atoms with Crippen LogP contribution in [0.4, 0.5) is 8.28 Å². The maximum absolute atomic E-state index is 11.3. The summed E-state index contributed by atoms with van der Waals surface area (Å²) < 4.78 is 53.6. The number of halogens is 2. The van der Waals surface area contributed by atoms with Crippen LogP contribution in [0.25, 0.3) is 0 Å². The maximum atomic E-state index is 11.3. The Morgan fingerprint density at radius 2 is 1.59 bits per heavy atom. The van der Waals surface area contributed by atoms with Crippen LogP contribution in [0.5, 0.6) is 0 Å². The fourth-order valence-electron chi connectivity index (χ4n) is 0.217. The van der Waals surface area contributed by atoms with Gasteiger partial charge in [0.25, 0.3) is 0 Å². The molecule has 0 aliphatic heterocycles. The summed E-state index contributed by atoms with van der Waals surface area (Å²) in [5.41, 5.74) is 0. The van der Waals surface area contributed by atoms with E-state index in [0.29, 0.717) is 0 Å². The highest BCUT2D eigenvalue weighted by Gasteiger charge is 2.00. The number of esters is 2. The van der Waals surface area contributed by atoms with Gasteiger partial charge in [0, 0.05) is 6.92 Å². The molecular formula is C7H16F2O7S. The summed E-state index contributed by atoms with van der Waals surface area (Å²) in [6.07, 6.45) is 0. The van der Waals surface area contributed by atoms with Gasteiger partial charge in [0.2, 0.25) is 6.79 Å². The normalized spacial score (nSPS) is 8.47. The van der Waals surface area contributed by atoms with Crippen molar-refractivity contribution in [1.82, 2.24) is 0 Å². The topological polar surface area (TPSA) is 107 Å². The van der Waals surface area contributed by atoms with Crippen molar-refractivity contribution >= 4 is 22.4 Å². The molecule has 0 rings (SSSR count). The fraction of sp³-hybridized carbons (Fsp3) is 0.714. The van der Waals surface area contributed by atoms with Gasteiger partial charge >= 0.3 is 22.4 Å². The van der Waals surface area contributed by atoms with Crippen molar-refractivity contribution in [1.29, 1.82) is 0 Å². The van der Waals surface area contributed by atoms with Gasteiger partial charge < -0.3 is 9.47 Å². The molecule has 0 aliphatic carbocycles. The maximum Gasteiger partial charge on any atom is 0.435 e. The number of carbonyl (C=O) groups is 2. The van der Waals surface area contributed by atoms with Crippen LogP contribution >= 0.6 is 0 Å². The Hall–Kier alpha value is -1.29. The Kier molecular flexibility index (Phi) is 18.6. The van der Waals surface area contributed by atoms with Gasteiger partial charge in [-0.1, -0.05) is 18.7 Å². The van der Waals surface area contributed by atoms with Gasteiger partial charge in [0.15, 0.2) is 6.67 Å². The summed E-state index contributed by atoms with van der Waals surface area (Å²) in [5.74, 6) is -1.62. The minimum atomic E-state index is -5.17. The molecule has 10 heteroatoms. The van der Waals surface area contributed by atoms with Crippen molar-refractivity contribution < 1.29 is 40.3 Å². The van der Waals surface area contributed by atoms with Gasteiger partial charge in [-0.15, -0.1) is 0 Å². The van der Waals surface area contributed by atoms with Crippen molar-refractivity contribution in [2.45, 2.75) is 21.8 Å². The van der Waals surface area contributed by atoms with Crippen LogP contribution in [0.2, 0.25) is 0 Å². The van der Waals surface area contributed by atoms with Gasteiger partial charge in [-0.05, 0) is 0 Å². The van der Waals surface area contributed by atoms with Crippen molar-refractivity contribution in [3.05, 3.63) is 0 Å². The zero-order chi connectivity index (χ0) is 12.5. The average molecular weight is 282 g/mol. The minimum Gasteiger partial charge on any atom is -0.428 e. The van der Waals surface area contributed by atoms with E-state index in [1.165, 1.54) is 0 Å². The lowest BCUT2D eigenvalue weighted by Gasteiger charge is -2.00. The number of carbonyl (C=O) groups excluding carboxylic acids is 2. The molecular weight excluding hydrogens is 266 g/mol. The van der Waals surface area contributed by atoms with Crippen LogP contribution in [0.15, 0.2) is 0 Å². The van der Waals surface area contributed by atoms with Crippen molar-refractivity contribution in [2.75, 3.05) is 13.5 Å². The third-order valence-electron chi connectivity index (χ3n) is 0.591. The van der Waals surface area contributed by atoms with Gasteiger partial charge in [-0.25, -0.2) is 9.18 Å². The van der Waals surface area contributed by atoms with E-state index in [0.717, 1.165) is 6.92 Å². The molecule has 0 fully saturated rings. The molecule has 0 radical (unpaired) electrons. The lowest BCUT2D eigenvalue weighted by Crippen LogP contribution is -2.11. The molecule has 0 saturated carbocycles. The number of rotatable bonds is 3. The lowest BCUT2D eigenvalue weighted by molar-refractivity contribution is -0.166. The molecule has 7 nitrogen and oxygen atoms in total. The molecule has 0 unspecified atom stereocenters. The molecule has 106 valence electrons. The van der Waals surface area contributed by atoms with Crippen LogP contribution < -0.4 is 0 Å². The van der Waals surface area contributed by atoms with E-state index in [9.17, 15) is 17.9 Å². The molecule has 0 atom stereocenters. The zero-order valence-electron chi connectivity index (χ0n) is 7.48. The molecule has 0 aromatic rings. The van der Waals surface area contributed by atoms with E-state index in [-0.39, 0.29) is 14.9 Å². The van der Waals surface area contributed by atoms with Crippen LogP contribution in [0.1, 0.15) is 21.8 Å². The van der Waals surface area contributed by atoms with Crippen LogP contribution in [0.3, 0.4) is 0 Å². The quantitative estimate of drug-likeness (QED) is 0.357. The first-order valence-electron chi connectivity index (χ1n) is 3.18. The van der Waals surface area contributed by atoms with Gasteiger partial charge in [-0.2, -0.15) is 8.42 Å². The van der Waals surface area contributed by atoms with Crippen molar-refractivity contribution in [2.24, 2.45) is 0 Å². The fourth-order valence-corrected chi connectivity index (χ4v) is 0.217. The molecule has 0 saturated heterocycles. The number of alkyl halides is 1. The lowest BCUT2D eigenvalue weighted by atomic mass is 10.8. The molecule has 0 aromatic carbocycles. The Morgan fingerprint density at radius 1 is 1.24 bits per heavy atom.